The van der Waals surface area contributed by atoms with Crippen LogP contribution in [-0.2, 0) is 4.74 Å². The van der Waals surface area contributed by atoms with Crippen molar-refractivity contribution in [1.82, 2.24) is 5.32 Å². The van der Waals surface area contributed by atoms with Gasteiger partial charge < -0.3 is 15.2 Å². The van der Waals surface area contributed by atoms with E-state index in [9.17, 15) is 9.18 Å². The second-order valence-electron chi connectivity index (χ2n) is 4.11. The number of ether oxygens (including phenoxy) is 1. The van der Waals surface area contributed by atoms with Gasteiger partial charge in [-0.3, -0.25) is 4.79 Å². The monoisotopic (exact) mass is 279 g/mol. The summed E-state index contributed by atoms with van der Waals surface area (Å²) >= 11 is 0. The first-order valence-electron chi connectivity index (χ1n) is 6.35. The third-order valence-electron chi connectivity index (χ3n) is 2.59. The largest absolute Gasteiger partial charge is 0.385 e. The van der Waals surface area contributed by atoms with Crippen LogP contribution in [0.4, 0.5) is 4.39 Å². The molecule has 1 aromatic carbocycles. The summed E-state index contributed by atoms with van der Waals surface area (Å²) in [6.07, 6.45) is 1.62. The van der Waals surface area contributed by atoms with Gasteiger partial charge in [0.2, 0.25) is 0 Å². The number of methoxy groups -OCH3 is 1. The number of hydrogen-bond donors (Lipinski definition) is 2. The number of unbranched alkanes of at least 4 members (excludes halogenated alkanes) is 1. The third-order valence-corrected chi connectivity index (χ3v) is 2.59. The van der Waals surface area contributed by atoms with Crippen molar-refractivity contribution in [3.05, 3.63) is 35.1 Å². The lowest BCUT2D eigenvalue weighted by Gasteiger charge is -2.06. The van der Waals surface area contributed by atoms with Gasteiger partial charge in [-0.2, -0.15) is 0 Å². The first kappa shape index (κ1) is 16.2. The zero-order chi connectivity index (χ0) is 14.8. The van der Waals surface area contributed by atoms with E-state index in [0.717, 1.165) is 12.8 Å². The van der Waals surface area contributed by atoms with Gasteiger partial charge in [-0.05, 0) is 31.0 Å². The van der Waals surface area contributed by atoms with Gasteiger partial charge in [-0.1, -0.05) is 11.8 Å². The normalized spacial score (nSPS) is 9.75. The summed E-state index contributed by atoms with van der Waals surface area (Å²) in [4.78, 5) is 11.8. The Labute approximate surface area is 117 Å². The average molecular weight is 279 g/mol. The molecule has 0 aromatic heterocycles. The minimum absolute atomic E-state index is 0.00806. The molecule has 20 heavy (non-hydrogen) atoms. The maximum Gasteiger partial charge on any atom is 0.254 e. The summed E-state index contributed by atoms with van der Waals surface area (Å²) in [7, 11) is 1.62. The van der Waals surface area contributed by atoms with Crippen LogP contribution in [0, 0.1) is 17.7 Å². The Morgan fingerprint density at radius 2 is 2.25 bits per heavy atom. The number of benzene rings is 1. The summed E-state index contributed by atoms with van der Waals surface area (Å²) in [5, 5.41) is 11.2. The molecule has 0 saturated carbocycles. The van der Waals surface area contributed by atoms with Crippen molar-refractivity contribution in [2.24, 2.45) is 0 Å². The Morgan fingerprint density at radius 3 is 2.90 bits per heavy atom. The van der Waals surface area contributed by atoms with Crippen LogP contribution in [0.5, 0.6) is 0 Å². The van der Waals surface area contributed by atoms with Crippen LogP contribution in [0.25, 0.3) is 0 Å². The van der Waals surface area contributed by atoms with Crippen molar-refractivity contribution >= 4 is 5.91 Å². The molecule has 2 N–H and O–H groups in total. The molecule has 0 aliphatic rings. The van der Waals surface area contributed by atoms with Crippen molar-refractivity contribution in [1.29, 1.82) is 0 Å². The van der Waals surface area contributed by atoms with Crippen molar-refractivity contribution in [2.75, 3.05) is 26.9 Å². The van der Waals surface area contributed by atoms with Crippen molar-refractivity contribution in [3.63, 3.8) is 0 Å². The number of hydrogen-bond acceptors (Lipinski definition) is 3. The number of aliphatic hydroxyl groups is 1. The van der Waals surface area contributed by atoms with E-state index in [-0.39, 0.29) is 12.2 Å². The van der Waals surface area contributed by atoms with Crippen molar-refractivity contribution < 1.29 is 19.0 Å². The third kappa shape index (κ3) is 5.39. The lowest BCUT2D eigenvalue weighted by atomic mass is 10.1. The van der Waals surface area contributed by atoms with E-state index in [4.69, 9.17) is 9.84 Å². The van der Waals surface area contributed by atoms with Gasteiger partial charge in [-0.25, -0.2) is 4.39 Å². The van der Waals surface area contributed by atoms with Crippen LogP contribution < -0.4 is 5.32 Å². The molecule has 0 aliphatic heterocycles. The smallest absolute Gasteiger partial charge is 0.254 e. The van der Waals surface area contributed by atoms with E-state index in [0.29, 0.717) is 18.7 Å². The fourth-order valence-electron chi connectivity index (χ4n) is 1.59. The number of rotatable bonds is 6. The lowest BCUT2D eigenvalue weighted by Crippen LogP contribution is -2.25. The van der Waals surface area contributed by atoms with Crippen molar-refractivity contribution in [3.8, 4) is 11.8 Å². The predicted molar refractivity (Wildman–Crippen MR) is 73.8 cm³/mol. The van der Waals surface area contributed by atoms with Crippen LogP contribution in [-0.4, -0.2) is 37.9 Å². The Hall–Kier alpha value is -1.90. The standard InChI is InChI=1S/C15H18FNO3/c1-20-10-3-2-8-17-15(19)13-7-6-12(5-4-9-18)11-14(13)16/h6-7,11,18H,2-3,8-10H2,1H3,(H,17,19). The molecule has 0 spiro atoms. The Balaban J connectivity index is 2.56. The fourth-order valence-corrected chi connectivity index (χ4v) is 1.59. The molecular weight excluding hydrogens is 261 g/mol. The number of carbonyl (C=O) groups excluding carboxylic acids is 1. The summed E-state index contributed by atoms with van der Waals surface area (Å²) in [5.74, 6) is 3.94. The van der Waals surface area contributed by atoms with E-state index < -0.39 is 11.7 Å². The molecule has 1 rings (SSSR count). The number of nitrogens with one attached hydrogen (secondary N) is 1. The molecule has 1 amide bonds. The van der Waals surface area contributed by atoms with Gasteiger partial charge in [0.15, 0.2) is 0 Å². The topological polar surface area (TPSA) is 58.6 Å². The predicted octanol–water partition coefficient (Wildman–Crippen LogP) is 1.33. The van der Waals surface area contributed by atoms with Gasteiger partial charge in [-0.15, -0.1) is 0 Å². The number of amides is 1. The minimum Gasteiger partial charge on any atom is -0.385 e. The highest BCUT2D eigenvalue weighted by Crippen LogP contribution is 2.10. The molecule has 108 valence electrons. The molecule has 0 fully saturated rings. The molecule has 0 saturated heterocycles. The first-order chi connectivity index (χ1) is 9.69. The van der Waals surface area contributed by atoms with Crippen LogP contribution in [0.15, 0.2) is 18.2 Å². The zero-order valence-electron chi connectivity index (χ0n) is 11.4. The Morgan fingerprint density at radius 1 is 1.45 bits per heavy atom. The lowest BCUT2D eigenvalue weighted by molar-refractivity contribution is 0.0947. The average Bonchev–Trinajstić information content (AvgIpc) is 2.44. The second kappa shape index (κ2) is 9.08. The van der Waals surface area contributed by atoms with Gasteiger partial charge >= 0.3 is 0 Å². The number of halogens is 1. The Kier molecular flexibility index (Phi) is 7.33. The van der Waals surface area contributed by atoms with E-state index in [1.807, 2.05) is 0 Å². The molecule has 5 heteroatoms. The van der Waals surface area contributed by atoms with Crippen LogP contribution in [0.1, 0.15) is 28.8 Å². The number of aliphatic hydroxyl groups excluding tert-OH is 1. The molecule has 0 radical (unpaired) electrons. The summed E-state index contributed by atoms with van der Waals surface area (Å²) in [6.45, 7) is 0.835. The quantitative estimate of drug-likeness (QED) is 0.610. The zero-order valence-corrected chi connectivity index (χ0v) is 11.4. The SMILES string of the molecule is COCCCCNC(=O)c1ccc(C#CCO)cc1F. The van der Waals surface area contributed by atoms with Gasteiger partial charge in [0, 0.05) is 25.8 Å². The summed E-state index contributed by atoms with van der Waals surface area (Å²) < 4.78 is 18.6. The molecule has 0 bridgehead atoms. The van der Waals surface area contributed by atoms with E-state index in [1.165, 1.54) is 12.1 Å². The van der Waals surface area contributed by atoms with Gasteiger partial charge in [0.25, 0.3) is 5.91 Å². The van der Waals surface area contributed by atoms with E-state index in [1.54, 1.807) is 13.2 Å². The molecule has 4 nitrogen and oxygen atoms in total. The van der Waals surface area contributed by atoms with Gasteiger partial charge in [0.1, 0.15) is 12.4 Å². The van der Waals surface area contributed by atoms with Crippen LogP contribution >= 0.6 is 0 Å². The van der Waals surface area contributed by atoms with Crippen LogP contribution in [0.3, 0.4) is 0 Å². The Bertz CT molecular complexity index is 506. The minimum atomic E-state index is -0.621. The van der Waals surface area contributed by atoms with Gasteiger partial charge in [0.05, 0.1) is 5.56 Å². The maximum absolute atomic E-state index is 13.7. The summed E-state index contributed by atoms with van der Waals surface area (Å²) in [5.41, 5.74) is 0.416. The van der Waals surface area contributed by atoms with Crippen LogP contribution in [0.2, 0.25) is 0 Å². The van der Waals surface area contributed by atoms with E-state index >= 15 is 0 Å². The van der Waals surface area contributed by atoms with Crippen molar-refractivity contribution in [2.45, 2.75) is 12.8 Å². The molecule has 0 aliphatic carbocycles. The fraction of sp³-hybridized carbons (Fsp3) is 0.400. The number of carbonyl (C=O) groups is 1. The highest BCUT2D eigenvalue weighted by molar-refractivity contribution is 5.94. The molecule has 1 aromatic rings. The summed E-state index contributed by atoms with van der Waals surface area (Å²) in [6, 6.07) is 4.12. The molecule has 0 atom stereocenters. The molecular formula is C15H18FNO3. The van der Waals surface area contributed by atoms with E-state index in [2.05, 4.69) is 17.2 Å². The molecule has 0 heterocycles. The highest BCUT2D eigenvalue weighted by Gasteiger charge is 2.11. The molecule has 0 unspecified atom stereocenters. The second-order valence-corrected chi connectivity index (χ2v) is 4.11. The first-order valence-corrected chi connectivity index (χ1v) is 6.35. The maximum atomic E-state index is 13.7. The highest BCUT2D eigenvalue weighted by atomic mass is 19.1.